The molecule has 0 bridgehead atoms. The number of anilines is 1. The molecule has 3 rings (SSSR count). The van der Waals surface area contributed by atoms with Crippen molar-refractivity contribution in [2.24, 2.45) is 0 Å². The van der Waals surface area contributed by atoms with Crippen molar-refractivity contribution in [3.63, 3.8) is 0 Å². The fraction of sp³-hybridized carbons (Fsp3) is 0.440. The first-order valence-corrected chi connectivity index (χ1v) is 11.2. The molecule has 166 valence electrons. The average Bonchev–Trinajstić information content (AvgIpc) is 2.78. The van der Waals surface area contributed by atoms with E-state index < -0.39 is 0 Å². The number of nitrogens with zero attached hydrogens (tertiary/aromatic N) is 2. The molecule has 2 N–H and O–H groups in total. The second kappa shape index (κ2) is 12.1. The molecule has 6 nitrogen and oxygen atoms in total. The highest BCUT2D eigenvalue weighted by molar-refractivity contribution is 5.85. The van der Waals surface area contributed by atoms with Gasteiger partial charge in [-0.3, -0.25) is 14.5 Å². The Hall–Kier alpha value is -2.86. The predicted molar refractivity (Wildman–Crippen MR) is 125 cm³/mol. The minimum absolute atomic E-state index is 0.0343. The summed E-state index contributed by atoms with van der Waals surface area (Å²) in [4.78, 5) is 28.8. The highest BCUT2D eigenvalue weighted by atomic mass is 16.2. The van der Waals surface area contributed by atoms with E-state index in [2.05, 4.69) is 51.6 Å². The largest absolute Gasteiger partial charge is 0.369 e. The maximum Gasteiger partial charge on any atom is 0.239 e. The Morgan fingerprint density at radius 1 is 0.871 bits per heavy atom. The molecule has 2 aromatic carbocycles. The molecule has 0 unspecified atom stereocenters. The number of nitrogens with one attached hydrogen (secondary N) is 2. The highest BCUT2D eigenvalue weighted by Crippen LogP contribution is 2.17. The molecule has 0 atom stereocenters. The topological polar surface area (TPSA) is 64.7 Å². The van der Waals surface area contributed by atoms with Gasteiger partial charge in [0.25, 0.3) is 0 Å². The average molecular weight is 423 g/mol. The fourth-order valence-electron chi connectivity index (χ4n) is 3.83. The number of hydrogen-bond donors (Lipinski definition) is 2. The lowest BCUT2D eigenvalue weighted by Gasteiger charge is -2.36. The van der Waals surface area contributed by atoms with Crippen LogP contribution in [0.25, 0.3) is 0 Å². The number of rotatable bonds is 10. The molecule has 1 saturated heterocycles. The van der Waals surface area contributed by atoms with Gasteiger partial charge >= 0.3 is 0 Å². The van der Waals surface area contributed by atoms with Gasteiger partial charge in [-0.15, -0.1) is 0 Å². The molecule has 1 aliphatic rings. The third kappa shape index (κ3) is 8.06. The Balaban J connectivity index is 1.21. The zero-order chi connectivity index (χ0) is 21.9. The van der Waals surface area contributed by atoms with E-state index in [1.807, 2.05) is 30.3 Å². The summed E-state index contributed by atoms with van der Waals surface area (Å²) in [6.45, 7) is 8.15. The van der Waals surface area contributed by atoms with Crippen molar-refractivity contribution in [2.75, 3.05) is 50.7 Å². The molecule has 31 heavy (non-hydrogen) atoms. The molecule has 0 spiro atoms. The summed E-state index contributed by atoms with van der Waals surface area (Å²) in [5.41, 5.74) is 3.57. The maximum atomic E-state index is 11.9. The molecule has 1 fully saturated rings. The molecule has 0 saturated carbocycles. The first kappa shape index (κ1) is 22.8. The van der Waals surface area contributed by atoms with E-state index in [0.717, 1.165) is 51.1 Å². The predicted octanol–water partition coefficient (Wildman–Crippen LogP) is 2.37. The van der Waals surface area contributed by atoms with Crippen LogP contribution in [0.2, 0.25) is 0 Å². The van der Waals surface area contributed by atoms with E-state index in [4.69, 9.17) is 0 Å². The lowest BCUT2D eigenvalue weighted by molar-refractivity contribution is -0.125. The van der Waals surface area contributed by atoms with E-state index in [1.165, 1.54) is 11.3 Å². The van der Waals surface area contributed by atoms with Gasteiger partial charge in [0.1, 0.15) is 0 Å². The number of aryl methyl sites for hydroxylation is 1. The van der Waals surface area contributed by atoms with Crippen LogP contribution in [0.1, 0.15) is 24.0 Å². The van der Waals surface area contributed by atoms with E-state index in [9.17, 15) is 9.59 Å². The van der Waals surface area contributed by atoms with Gasteiger partial charge in [-0.25, -0.2) is 0 Å². The summed E-state index contributed by atoms with van der Waals surface area (Å²) in [5, 5.41) is 5.57. The van der Waals surface area contributed by atoms with Crippen molar-refractivity contribution >= 4 is 17.5 Å². The third-order valence-corrected chi connectivity index (χ3v) is 5.62. The maximum absolute atomic E-state index is 11.9. The number of amides is 2. The third-order valence-electron chi connectivity index (χ3n) is 5.62. The quantitative estimate of drug-likeness (QED) is 0.577. The monoisotopic (exact) mass is 422 g/mol. The molecule has 0 aromatic heterocycles. The van der Waals surface area contributed by atoms with Crippen LogP contribution in [0.5, 0.6) is 0 Å². The molecule has 6 heteroatoms. The Morgan fingerprint density at radius 2 is 1.65 bits per heavy atom. The van der Waals surface area contributed by atoms with Gasteiger partial charge in [-0.1, -0.05) is 42.5 Å². The van der Waals surface area contributed by atoms with Crippen molar-refractivity contribution in [3.05, 3.63) is 65.7 Å². The van der Waals surface area contributed by atoms with Crippen molar-refractivity contribution in [1.82, 2.24) is 15.5 Å². The highest BCUT2D eigenvalue weighted by Gasteiger charge is 2.16. The molecule has 0 radical (unpaired) electrons. The molecule has 2 aromatic rings. The lowest BCUT2D eigenvalue weighted by Crippen LogP contribution is -2.46. The first-order chi connectivity index (χ1) is 15.1. The van der Waals surface area contributed by atoms with Gasteiger partial charge < -0.3 is 15.5 Å². The van der Waals surface area contributed by atoms with Crippen molar-refractivity contribution in [2.45, 2.75) is 26.2 Å². The lowest BCUT2D eigenvalue weighted by atomic mass is 10.1. The minimum Gasteiger partial charge on any atom is -0.369 e. The molecule has 1 heterocycles. The van der Waals surface area contributed by atoms with Crippen LogP contribution in [-0.2, 0) is 16.0 Å². The van der Waals surface area contributed by atoms with Gasteiger partial charge in [-0.05, 0) is 49.6 Å². The summed E-state index contributed by atoms with van der Waals surface area (Å²) in [5.74, 6) is -0.265. The van der Waals surface area contributed by atoms with E-state index in [0.29, 0.717) is 13.0 Å². The van der Waals surface area contributed by atoms with Crippen LogP contribution < -0.4 is 15.5 Å². The van der Waals surface area contributed by atoms with Crippen LogP contribution in [0.3, 0.4) is 0 Å². The first-order valence-electron chi connectivity index (χ1n) is 11.2. The second-order valence-electron chi connectivity index (χ2n) is 8.16. The van der Waals surface area contributed by atoms with Crippen molar-refractivity contribution < 1.29 is 9.59 Å². The van der Waals surface area contributed by atoms with Crippen LogP contribution in [0.4, 0.5) is 5.69 Å². The molecule has 2 amide bonds. The van der Waals surface area contributed by atoms with Gasteiger partial charge in [0.05, 0.1) is 13.0 Å². The van der Waals surface area contributed by atoms with Gasteiger partial charge in [-0.2, -0.15) is 0 Å². The standard InChI is InChI=1S/C25H34N4O2/c1-21-8-7-11-23(18-21)29-16-14-28(15-17-29)13-6-5-12-26-25(31)20-27-24(30)19-22-9-3-2-4-10-22/h2-4,7-11,18H,5-6,12-17,19-20H2,1H3,(H,26,31)(H,27,30). The molecule has 1 aliphatic heterocycles. The van der Waals surface area contributed by atoms with Crippen LogP contribution >= 0.6 is 0 Å². The summed E-state index contributed by atoms with van der Waals surface area (Å²) in [7, 11) is 0. The van der Waals surface area contributed by atoms with Crippen LogP contribution in [0, 0.1) is 6.92 Å². The number of hydrogen-bond acceptors (Lipinski definition) is 4. The number of benzene rings is 2. The minimum atomic E-state index is -0.133. The smallest absolute Gasteiger partial charge is 0.239 e. The van der Waals surface area contributed by atoms with E-state index >= 15 is 0 Å². The van der Waals surface area contributed by atoms with E-state index in [1.54, 1.807) is 0 Å². The van der Waals surface area contributed by atoms with Crippen LogP contribution in [0.15, 0.2) is 54.6 Å². The number of carbonyl (C=O) groups is 2. The summed E-state index contributed by atoms with van der Waals surface area (Å²) >= 11 is 0. The zero-order valence-electron chi connectivity index (χ0n) is 18.5. The number of unbranched alkanes of at least 4 members (excludes halogenated alkanes) is 1. The van der Waals surface area contributed by atoms with Crippen molar-refractivity contribution in [3.8, 4) is 0 Å². The summed E-state index contributed by atoms with van der Waals surface area (Å²) < 4.78 is 0. The fourth-order valence-corrected chi connectivity index (χ4v) is 3.83. The second-order valence-corrected chi connectivity index (χ2v) is 8.16. The number of carbonyl (C=O) groups excluding carboxylic acids is 2. The Labute approximate surface area is 185 Å². The Bertz CT molecular complexity index is 832. The summed E-state index contributed by atoms with van der Waals surface area (Å²) in [6.07, 6.45) is 2.30. The van der Waals surface area contributed by atoms with Gasteiger partial charge in [0.2, 0.25) is 11.8 Å². The van der Waals surface area contributed by atoms with E-state index in [-0.39, 0.29) is 18.4 Å². The SMILES string of the molecule is Cc1cccc(N2CCN(CCCCNC(=O)CNC(=O)Cc3ccccc3)CC2)c1. The van der Waals surface area contributed by atoms with Crippen molar-refractivity contribution in [1.29, 1.82) is 0 Å². The Morgan fingerprint density at radius 3 is 2.39 bits per heavy atom. The number of piperazine rings is 1. The Kier molecular flexibility index (Phi) is 8.91. The van der Waals surface area contributed by atoms with Crippen LogP contribution in [-0.4, -0.2) is 62.5 Å². The van der Waals surface area contributed by atoms with Gasteiger partial charge in [0.15, 0.2) is 0 Å². The van der Waals surface area contributed by atoms with Gasteiger partial charge in [0, 0.05) is 38.4 Å². The molecule has 0 aliphatic carbocycles. The summed E-state index contributed by atoms with van der Waals surface area (Å²) in [6, 6.07) is 18.2. The normalized spacial score (nSPS) is 14.3. The molecular weight excluding hydrogens is 388 g/mol. The zero-order valence-corrected chi connectivity index (χ0v) is 18.5. The molecular formula is C25H34N4O2.